The average Bonchev–Trinajstić information content (AvgIpc) is 3.19. The molecule has 0 saturated heterocycles. The highest BCUT2D eigenvalue weighted by molar-refractivity contribution is 5.95. The van der Waals surface area contributed by atoms with Crippen molar-refractivity contribution in [3.8, 4) is 11.1 Å². The summed E-state index contributed by atoms with van der Waals surface area (Å²) < 4.78 is 5.52. The number of carboxylic acid groups (broad SMARTS) is 1. The second kappa shape index (κ2) is 10.8. The molecule has 8 heteroatoms. The van der Waals surface area contributed by atoms with Gasteiger partial charge in [0.05, 0.1) is 0 Å². The number of hydrogen-bond acceptors (Lipinski definition) is 5. The van der Waals surface area contributed by atoms with Gasteiger partial charge in [-0.05, 0) is 40.8 Å². The topological polar surface area (TPSA) is 118 Å². The maximum atomic E-state index is 12.5. The first-order chi connectivity index (χ1) is 17.0. The van der Waals surface area contributed by atoms with Crippen LogP contribution in [0.2, 0.25) is 0 Å². The average molecular weight is 474 g/mol. The lowest BCUT2D eigenvalue weighted by atomic mass is 9.98. The molecule has 1 aliphatic carbocycles. The van der Waals surface area contributed by atoms with Gasteiger partial charge in [0.25, 0.3) is 5.91 Å². The van der Waals surface area contributed by atoms with Crippen LogP contribution in [0.5, 0.6) is 0 Å². The molecule has 3 N–H and O–H groups in total. The molecule has 35 heavy (non-hydrogen) atoms. The van der Waals surface area contributed by atoms with E-state index in [9.17, 15) is 19.5 Å². The van der Waals surface area contributed by atoms with Crippen LogP contribution in [0.3, 0.4) is 0 Å². The largest absolute Gasteiger partial charge is 0.480 e. The van der Waals surface area contributed by atoms with Crippen LogP contribution in [0.1, 0.15) is 53.7 Å². The van der Waals surface area contributed by atoms with Crippen LogP contribution in [-0.4, -0.2) is 40.7 Å². The quantitative estimate of drug-likeness (QED) is 0.410. The van der Waals surface area contributed by atoms with Crippen LogP contribution in [0, 0.1) is 0 Å². The summed E-state index contributed by atoms with van der Waals surface area (Å²) in [6.07, 6.45) is 1.13. The van der Waals surface area contributed by atoms with Crippen molar-refractivity contribution in [3.05, 3.63) is 83.6 Å². The molecule has 1 aliphatic rings. The Labute approximate surface area is 203 Å². The van der Waals surface area contributed by atoms with Crippen molar-refractivity contribution in [2.45, 2.75) is 38.1 Å². The molecule has 1 atom stereocenters. The predicted molar refractivity (Wildman–Crippen MR) is 131 cm³/mol. The molecule has 1 heterocycles. The Morgan fingerprint density at radius 1 is 0.971 bits per heavy atom. The number of pyridine rings is 1. The second-order valence-electron chi connectivity index (χ2n) is 8.37. The lowest BCUT2D eigenvalue weighted by Crippen LogP contribution is -2.41. The van der Waals surface area contributed by atoms with Gasteiger partial charge >= 0.3 is 12.1 Å². The van der Waals surface area contributed by atoms with Gasteiger partial charge in [-0.1, -0.05) is 74.4 Å². The van der Waals surface area contributed by atoms with E-state index in [1.54, 1.807) is 6.07 Å². The Hall–Kier alpha value is -4.20. The highest BCUT2D eigenvalue weighted by Gasteiger charge is 2.29. The first-order valence-corrected chi connectivity index (χ1v) is 11.6. The number of aromatic nitrogens is 1. The van der Waals surface area contributed by atoms with Crippen LogP contribution in [0.4, 0.5) is 10.6 Å². The van der Waals surface area contributed by atoms with Crippen molar-refractivity contribution in [3.63, 3.8) is 0 Å². The van der Waals surface area contributed by atoms with Gasteiger partial charge in [0.2, 0.25) is 0 Å². The first kappa shape index (κ1) is 23.9. The van der Waals surface area contributed by atoms with Crippen LogP contribution in [0.15, 0.2) is 66.7 Å². The van der Waals surface area contributed by atoms with E-state index in [-0.39, 0.29) is 24.0 Å². The van der Waals surface area contributed by atoms with E-state index in [0.717, 1.165) is 28.7 Å². The smallest absolute Gasteiger partial charge is 0.412 e. The maximum Gasteiger partial charge on any atom is 0.412 e. The number of unbranched alkanes of at least 4 members (excludes halogenated alkanes) is 1. The second-order valence-corrected chi connectivity index (χ2v) is 8.37. The minimum Gasteiger partial charge on any atom is -0.480 e. The predicted octanol–water partition coefficient (Wildman–Crippen LogP) is 4.82. The number of ether oxygens (including phenoxy) is 1. The van der Waals surface area contributed by atoms with E-state index in [0.29, 0.717) is 12.8 Å². The summed E-state index contributed by atoms with van der Waals surface area (Å²) in [6, 6.07) is 19.7. The number of carbonyl (C=O) groups excluding carboxylic acids is 2. The zero-order chi connectivity index (χ0) is 24.8. The highest BCUT2D eigenvalue weighted by atomic mass is 16.5. The molecule has 0 spiro atoms. The Kier molecular flexibility index (Phi) is 7.40. The SMILES string of the molecule is CCCCC(NC(=O)c1cccc(NC(=O)OCC2c3ccccc3-c3ccccc32)n1)C(=O)O. The lowest BCUT2D eigenvalue weighted by Gasteiger charge is -2.15. The van der Waals surface area contributed by atoms with E-state index in [1.165, 1.54) is 12.1 Å². The van der Waals surface area contributed by atoms with Crippen molar-refractivity contribution in [2.75, 3.05) is 11.9 Å². The molecule has 0 aliphatic heterocycles. The third-order valence-electron chi connectivity index (χ3n) is 6.01. The number of aliphatic carboxylic acids is 1. The molecule has 8 nitrogen and oxygen atoms in total. The van der Waals surface area contributed by atoms with Crippen molar-refractivity contribution < 1.29 is 24.2 Å². The molecule has 0 bridgehead atoms. The zero-order valence-corrected chi connectivity index (χ0v) is 19.4. The van der Waals surface area contributed by atoms with Crippen LogP contribution in [0.25, 0.3) is 11.1 Å². The fourth-order valence-electron chi connectivity index (χ4n) is 4.27. The number of benzene rings is 2. The number of anilines is 1. The summed E-state index contributed by atoms with van der Waals surface area (Å²) in [7, 11) is 0. The zero-order valence-electron chi connectivity index (χ0n) is 19.4. The van der Waals surface area contributed by atoms with Gasteiger partial charge in [-0.25, -0.2) is 14.6 Å². The molecular weight excluding hydrogens is 446 g/mol. The minimum atomic E-state index is -1.10. The van der Waals surface area contributed by atoms with Gasteiger partial charge in [0.1, 0.15) is 24.2 Å². The van der Waals surface area contributed by atoms with Crippen molar-refractivity contribution >= 4 is 23.8 Å². The van der Waals surface area contributed by atoms with E-state index in [2.05, 4.69) is 27.8 Å². The van der Waals surface area contributed by atoms with Gasteiger partial charge in [0.15, 0.2) is 0 Å². The molecule has 0 radical (unpaired) electrons. The normalized spacial score (nSPS) is 12.8. The van der Waals surface area contributed by atoms with E-state index >= 15 is 0 Å². The van der Waals surface area contributed by atoms with E-state index in [4.69, 9.17) is 4.74 Å². The van der Waals surface area contributed by atoms with Crippen molar-refractivity contribution in [1.82, 2.24) is 10.3 Å². The Bertz CT molecular complexity index is 1200. The summed E-state index contributed by atoms with van der Waals surface area (Å²) in [6.45, 7) is 2.10. The molecule has 180 valence electrons. The summed E-state index contributed by atoms with van der Waals surface area (Å²) in [5.41, 5.74) is 4.49. The molecule has 1 aromatic heterocycles. The van der Waals surface area contributed by atoms with Crippen molar-refractivity contribution in [2.24, 2.45) is 0 Å². The van der Waals surface area contributed by atoms with Crippen molar-refractivity contribution in [1.29, 1.82) is 0 Å². The number of nitrogens with one attached hydrogen (secondary N) is 2. The standard InChI is InChI=1S/C27H27N3O5/c1-2-3-13-23(26(32)33)29-25(31)22-14-8-15-24(28-22)30-27(34)35-16-21-19-11-6-4-9-17(19)18-10-5-7-12-20(18)21/h4-12,14-15,21,23H,2-3,13,16H2,1H3,(H,29,31)(H,32,33)(H,28,30,34). The molecule has 0 saturated carbocycles. The third kappa shape index (κ3) is 5.48. The summed E-state index contributed by atoms with van der Waals surface area (Å²) >= 11 is 0. The Morgan fingerprint density at radius 3 is 2.26 bits per heavy atom. The number of amides is 2. The minimum absolute atomic E-state index is 0.00389. The Morgan fingerprint density at radius 2 is 1.63 bits per heavy atom. The number of rotatable bonds is 9. The summed E-state index contributed by atoms with van der Waals surface area (Å²) in [5, 5.41) is 14.4. The summed E-state index contributed by atoms with van der Waals surface area (Å²) in [5.74, 6) is -1.66. The number of carbonyl (C=O) groups is 3. The van der Waals surface area contributed by atoms with E-state index in [1.807, 2.05) is 43.3 Å². The van der Waals surface area contributed by atoms with Crippen LogP contribution in [-0.2, 0) is 9.53 Å². The summed E-state index contributed by atoms with van der Waals surface area (Å²) in [4.78, 5) is 40.6. The van der Waals surface area contributed by atoms with Gasteiger partial charge in [-0.3, -0.25) is 10.1 Å². The highest BCUT2D eigenvalue weighted by Crippen LogP contribution is 2.44. The monoisotopic (exact) mass is 473 g/mol. The fourth-order valence-corrected chi connectivity index (χ4v) is 4.27. The lowest BCUT2D eigenvalue weighted by molar-refractivity contribution is -0.139. The van der Waals surface area contributed by atoms with Gasteiger partial charge in [-0.15, -0.1) is 0 Å². The number of hydrogen-bond donors (Lipinski definition) is 3. The maximum absolute atomic E-state index is 12.5. The first-order valence-electron chi connectivity index (χ1n) is 11.6. The molecule has 2 aromatic carbocycles. The number of carboxylic acids is 1. The molecule has 2 amide bonds. The molecular formula is C27H27N3O5. The Balaban J connectivity index is 1.38. The van der Waals surface area contributed by atoms with Crippen LogP contribution >= 0.6 is 0 Å². The van der Waals surface area contributed by atoms with Gasteiger partial charge in [0, 0.05) is 5.92 Å². The molecule has 1 unspecified atom stereocenters. The van der Waals surface area contributed by atoms with Gasteiger partial charge in [-0.2, -0.15) is 0 Å². The molecule has 0 fully saturated rings. The number of fused-ring (bicyclic) bond motifs is 3. The van der Waals surface area contributed by atoms with Crippen LogP contribution < -0.4 is 10.6 Å². The molecule has 4 rings (SSSR count). The van der Waals surface area contributed by atoms with E-state index < -0.39 is 24.0 Å². The molecule has 3 aromatic rings. The van der Waals surface area contributed by atoms with Gasteiger partial charge < -0.3 is 15.2 Å². The number of nitrogens with zero attached hydrogens (tertiary/aromatic N) is 1. The fraction of sp³-hybridized carbons (Fsp3) is 0.259. The third-order valence-corrected chi connectivity index (χ3v) is 6.01.